The first-order chi connectivity index (χ1) is 13.3. The first-order valence-electron chi connectivity index (χ1n) is 8.41. The molecule has 146 valence electrons. The van der Waals surface area contributed by atoms with E-state index in [1.165, 1.54) is 22.6 Å². The fraction of sp³-hybridized carbons (Fsp3) is 0.167. The van der Waals surface area contributed by atoms with Crippen LogP contribution in [-0.2, 0) is 16.6 Å². The predicted octanol–water partition coefficient (Wildman–Crippen LogP) is 2.40. The van der Waals surface area contributed by atoms with Gasteiger partial charge in [0.2, 0.25) is 10.0 Å². The van der Waals surface area contributed by atoms with Gasteiger partial charge in [0, 0.05) is 29.7 Å². The minimum atomic E-state index is -3.79. The number of hydrogen-bond donors (Lipinski definition) is 2. The van der Waals surface area contributed by atoms with Crippen LogP contribution in [0, 0.1) is 0 Å². The van der Waals surface area contributed by atoms with Gasteiger partial charge in [0.05, 0.1) is 22.2 Å². The number of aliphatic imine (C=N–C) groups is 1. The van der Waals surface area contributed by atoms with Crippen LogP contribution in [0.4, 0.5) is 5.82 Å². The number of hydrogen-bond acceptors (Lipinski definition) is 5. The van der Waals surface area contributed by atoms with Gasteiger partial charge in [0.25, 0.3) is 0 Å². The van der Waals surface area contributed by atoms with E-state index in [9.17, 15) is 8.42 Å². The third-order valence-electron chi connectivity index (χ3n) is 4.08. The Bertz CT molecular complexity index is 1130. The van der Waals surface area contributed by atoms with Crippen LogP contribution in [0.25, 0.3) is 10.8 Å². The average Bonchev–Trinajstić information content (AvgIpc) is 2.68. The third-order valence-corrected chi connectivity index (χ3v) is 6.30. The quantitative estimate of drug-likeness (QED) is 0.467. The molecule has 8 nitrogen and oxygen atoms in total. The van der Waals surface area contributed by atoms with Crippen LogP contribution in [-0.4, -0.2) is 35.2 Å². The molecule has 0 spiro atoms. The Morgan fingerprint density at radius 3 is 2.61 bits per heavy atom. The fourth-order valence-electron chi connectivity index (χ4n) is 2.73. The van der Waals surface area contributed by atoms with Gasteiger partial charge in [-0.25, -0.2) is 13.4 Å². The molecule has 0 aliphatic heterocycles. The highest BCUT2D eigenvalue weighted by Gasteiger charge is 2.24. The summed E-state index contributed by atoms with van der Waals surface area (Å²) in [5.41, 5.74) is 11.6. The highest BCUT2D eigenvalue weighted by atomic mass is 35.5. The van der Waals surface area contributed by atoms with Gasteiger partial charge in [-0.3, -0.25) is 4.98 Å². The van der Waals surface area contributed by atoms with E-state index in [0.29, 0.717) is 21.5 Å². The second kappa shape index (κ2) is 8.09. The van der Waals surface area contributed by atoms with Gasteiger partial charge < -0.3 is 11.5 Å². The van der Waals surface area contributed by atoms with Crippen LogP contribution < -0.4 is 11.5 Å². The molecule has 0 radical (unpaired) electrons. The van der Waals surface area contributed by atoms with Crippen LogP contribution in [0.15, 0.2) is 58.7 Å². The van der Waals surface area contributed by atoms with Crippen LogP contribution in [0.2, 0.25) is 5.02 Å². The van der Waals surface area contributed by atoms with Gasteiger partial charge in [-0.15, -0.1) is 0 Å². The Kier molecular flexibility index (Phi) is 5.78. The topological polar surface area (TPSA) is 128 Å². The zero-order chi connectivity index (χ0) is 20.3. The lowest BCUT2D eigenvalue weighted by atomic mass is 10.1. The molecular weight excluding hydrogens is 400 g/mol. The van der Waals surface area contributed by atoms with Crippen molar-refractivity contribution >= 4 is 44.2 Å². The molecule has 0 saturated carbocycles. The van der Waals surface area contributed by atoms with Gasteiger partial charge in [-0.2, -0.15) is 9.30 Å². The number of halogens is 1. The molecule has 4 N–H and O–H groups in total. The molecule has 2 heterocycles. The molecule has 10 heteroatoms. The Labute approximate surface area is 167 Å². The Hall–Kier alpha value is -2.75. The highest BCUT2D eigenvalue weighted by Crippen LogP contribution is 2.32. The van der Waals surface area contributed by atoms with Crippen molar-refractivity contribution in [1.82, 2.24) is 14.3 Å². The van der Waals surface area contributed by atoms with Gasteiger partial charge in [0.15, 0.2) is 11.8 Å². The Morgan fingerprint density at radius 2 is 1.96 bits per heavy atom. The number of sulfonamides is 1. The molecule has 0 atom stereocenters. The van der Waals surface area contributed by atoms with Crippen molar-refractivity contribution in [2.45, 2.75) is 18.4 Å². The standard InChI is InChI=1S/C18H19ClN6O2S/c1-2-25(11-12-5-3-4-8-22-12)28(26,27)13-6-7-14-15(9-13)17(24-18(20)21)23-10-16(14)19/h3-10H,2,11H2,1H3,(H4,20,21,23,24). The number of nitrogens with zero attached hydrogens (tertiary/aromatic N) is 4. The van der Waals surface area contributed by atoms with Crippen molar-refractivity contribution in [1.29, 1.82) is 0 Å². The zero-order valence-electron chi connectivity index (χ0n) is 15.1. The maximum Gasteiger partial charge on any atom is 0.243 e. The molecule has 0 saturated heterocycles. The predicted molar refractivity (Wildman–Crippen MR) is 110 cm³/mol. The minimum absolute atomic E-state index is 0.0916. The number of benzene rings is 1. The smallest absolute Gasteiger partial charge is 0.243 e. The van der Waals surface area contributed by atoms with Gasteiger partial charge in [-0.1, -0.05) is 30.7 Å². The molecular formula is C18H19ClN6O2S. The summed E-state index contributed by atoms with van der Waals surface area (Å²) in [7, 11) is -3.79. The first kappa shape index (κ1) is 20.0. The van der Waals surface area contributed by atoms with E-state index in [-0.39, 0.29) is 29.8 Å². The fourth-order valence-corrected chi connectivity index (χ4v) is 4.39. The SMILES string of the molecule is CCN(Cc1ccccn1)S(=O)(=O)c1ccc2c(Cl)cnc(N=C(N)N)c2c1. The molecule has 1 aromatic carbocycles. The number of fused-ring (bicyclic) bond motifs is 1. The molecule has 0 unspecified atom stereocenters. The monoisotopic (exact) mass is 418 g/mol. The van der Waals surface area contributed by atoms with Crippen molar-refractivity contribution in [3.05, 3.63) is 59.5 Å². The van der Waals surface area contributed by atoms with Crippen molar-refractivity contribution < 1.29 is 8.42 Å². The van der Waals surface area contributed by atoms with E-state index < -0.39 is 10.0 Å². The number of aromatic nitrogens is 2. The first-order valence-corrected chi connectivity index (χ1v) is 10.2. The summed E-state index contributed by atoms with van der Waals surface area (Å²) in [6.45, 7) is 2.21. The van der Waals surface area contributed by atoms with E-state index in [4.69, 9.17) is 23.1 Å². The Morgan fingerprint density at radius 1 is 1.18 bits per heavy atom. The summed E-state index contributed by atoms with van der Waals surface area (Å²) in [5, 5.41) is 1.41. The largest absolute Gasteiger partial charge is 0.370 e. The van der Waals surface area contributed by atoms with Crippen molar-refractivity contribution in [2.24, 2.45) is 16.5 Å². The van der Waals surface area contributed by atoms with Crippen molar-refractivity contribution in [2.75, 3.05) is 6.54 Å². The van der Waals surface area contributed by atoms with Gasteiger partial charge in [-0.05, 0) is 24.3 Å². The minimum Gasteiger partial charge on any atom is -0.370 e. The molecule has 3 rings (SSSR count). The molecule has 0 aliphatic rings. The maximum absolute atomic E-state index is 13.2. The lowest BCUT2D eigenvalue weighted by Gasteiger charge is -2.20. The molecule has 0 fully saturated rings. The van der Waals surface area contributed by atoms with Crippen molar-refractivity contribution in [3.8, 4) is 0 Å². The molecule has 2 aromatic heterocycles. The van der Waals surface area contributed by atoms with Gasteiger partial charge in [0.1, 0.15) is 0 Å². The summed E-state index contributed by atoms with van der Waals surface area (Å²) in [4.78, 5) is 12.4. The van der Waals surface area contributed by atoms with Crippen LogP contribution >= 0.6 is 11.6 Å². The summed E-state index contributed by atoms with van der Waals surface area (Å²) in [6, 6.07) is 9.97. The lowest BCUT2D eigenvalue weighted by molar-refractivity contribution is 0.419. The third kappa shape index (κ3) is 4.06. The number of guanidine groups is 1. The zero-order valence-corrected chi connectivity index (χ0v) is 16.7. The second-order valence-corrected chi connectivity index (χ2v) is 8.27. The molecule has 0 bridgehead atoms. The second-order valence-electron chi connectivity index (χ2n) is 5.93. The molecule has 0 aliphatic carbocycles. The van der Waals surface area contributed by atoms with Crippen molar-refractivity contribution in [3.63, 3.8) is 0 Å². The van der Waals surface area contributed by atoms with E-state index in [0.717, 1.165) is 0 Å². The number of nitrogens with two attached hydrogens (primary N) is 2. The van der Waals surface area contributed by atoms with Crippen LogP contribution in [0.1, 0.15) is 12.6 Å². The summed E-state index contributed by atoms with van der Waals surface area (Å²) in [5.74, 6) is 0.0129. The Balaban J connectivity index is 2.09. The van der Waals surface area contributed by atoms with E-state index >= 15 is 0 Å². The normalized spacial score (nSPS) is 11.7. The van der Waals surface area contributed by atoms with E-state index in [2.05, 4.69) is 15.0 Å². The molecule has 28 heavy (non-hydrogen) atoms. The van der Waals surface area contributed by atoms with Crippen LogP contribution in [0.5, 0.6) is 0 Å². The average molecular weight is 419 g/mol. The number of pyridine rings is 2. The summed E-state index contributed by atoms with van der Waals surface area (Å²) >= 11 is 6.19. The highest BCUT2D eigenvalue weighted by molar-refractivity contribution is 7.89. The van der Waals surface area contributed by atoms with E-state index in [1.54, 1.807) is 31.3 Å². The van der Waals surface area contributed by atoms with Gasteiger partial charge >= 0.3 is 0 Å². The van der Waals surface area contributed by atoms with E-state index in [1.807, 2.05) is 6.07 Å². The number of rotatable bonds is 6. The molecule has 0 amide bonds. The maximum atomic E-state index is 13.2. The lowest BCUT2D eigenvalue weighted by Crippen LogP contribution is -2.30. The van der Waals surface area contributed by atoms with Crippen LogP contribution in [0.3, 0.4) is 0 Å². The summed E-state index contributed by atoms with van der Waals surface area (Å²) in [6.07, 6.45) is 3.04. The summed E-state index contributed by atoms with van der Waals surface area (Å²) < 4.78 is 27.7. The molecule has 3 aromatic rings.